The number of hydrogen-bond acceptors (Lipinski definition) is 4. The molecule has 0 amide bonds. The third kappa shape index (κ3) is 4.90. The molecule has 1 aliphatic rings. The van der Waals surface area contributed by atoms with Gasteiger partial charge in [0.15, 0.2) is 0 Å². The number of hydrogen-bond donors (Lipinski definition) is 2. The Morgan fingerprint density at radius 1 is 1.57 bits per heavy atom. The van der Waals surface area contributed by atoms with Crippen molar-refractivity contribution in [3.8, 4) is 0 Å². The second-order valence-electron chi connectivity index (χ2n) is 3.76. The van der Waals surface area contributed by atoms with Crippen LogP contribution in [-0.2, 0) is 10.0 Å². The van der Waals surface area contributed by atoms with Gasteiger partial charge in [-0.1, -0.05) is 0 Å². The Hall–Kier alpha value is -0.170. The Labute approximate surface area is 85.2 Å². The van der Waals surface area contributed by atoms with Gasteiger partial charge in [0.05, 0.1) is 12.4 Å². The van der Waals surface area contributed by atoms with Crippen LogP contribution in [0.25, 0.3) is 0 Å². The quantitative estimate of drug-likeness (QED) is 0.585. The molecule has 2 N–H and O–H groups in total. The van der Waals surface area contributed by atoms with Crippen LogP contribution in [0, 0.1) is 0 Å². The Morgan fingerprint density at radius 3 is 2.79 bits per heavy atom. The summed E-state index contributed by atoms with van der Waals surface area (Å²) >= 11 is 0. The number of aliphatic hydroxyl groups is 1. The standard InChI is InChI=1S/C8H18N2O3S/c1-14(12,13)9-4-2-5-10-6-3-8(11)7-10/h8-9,11H,2-7H2,1H3/t8-/m0/s1. The number of nitrogens with zero attached hydrogens (tertiary/aromatic N) is 1. The van der Waals surface area contributed by atoms with Gasteiger partial charge in [-0.3, -0.25) is 0 Å². The van der Waals surface area contributed by atoms with Crippen LogP contribution in [0.15, 0.2) is 0 Å². The molecule has 1 aliphatic heterocycles. The Bertz CT molecular complexity index is 266. The topological polar surface area (TPSA) is 69.6 Å². The van der Waals surface area contributed by atoms with Crippen molar-refractivity contribution in [1.29, 1.82) is 0 Å². The van der Waals surface area contributed by atoms with E-state index < -0.39 is 10.0 Å². The summed E-state index contributed by atoms with van der Waals surface area (Å²) in [6.45, 7) is 2.96. The monoisotopic (exact) mass is 222 g/mol. The minimum Gasteiger partial charge on any atom is -0.392 e. The van der Waals surface area contributed by atoms with Crippen molar-refractivity contribution < 1.29 is 13.5 Å². The van der Waals surface area contributed by atoms with E-state index in [4.69, 9.17) is 0 Å². The summed E-state index contributed by atoms with van der Waals surface area (Å²) in [7, 11) is -3.05. The number of aliphatic hydroxyl groups excluding tert-OH is 1. The molecule has 1 heterocycles. The molecule has 0 unspecified atom stereocenters. The summed E-state index contributed by atoms with van der Waals surface area (Å²) in [5, 5.41) is 9.23. The molecule has 1 rings (SSSR count). The number of nitrogens with one attached hydrogen (secondary N) is 1. The predicted molar refractivity (Wildman–Crippen MR) is 54.5 cm³/mol. The van der Waals surface area contributed by atoms with Gasteiger partial charge in [0, 0.05) is 19.6 Å². The van der Waals surface area contributed by atoms with Gasteiger partial charge in [-0.15, -0.1) is 0 Å². The molecule has 0 saturated carbocycles. The number of β-amino-alcohol motifs (C(OH)–C–C–N with tert-alkyl or cyclic N) is 1. The molecular weight excluding hydrogens is 204 g/mol. The van der Waals surface area contributed by atoms with E-state index >= 15 is 0 Å². The average molecular weight is 222 g/mol. The third-order valence-electron chi connectivity index (χ3n) is 2.26. The molecule has 1 fully saturated rings. The van der Waals surface area contributed by atoms with E-state index in [1.807, 2.05) is 0 Å². The van der Waals surface area contributed by atoms with Crippen molar-refractivity contribution in [3.05, 3.63) is 0 Å². The smallest absolute Gasteiger partial charge is 0.208 e. The zero-order valence-corrected chi connectivity index (χ0v) is 9.26. The highest BCUT2D eigenvalue weighted by molar-refractivity contribution is 7.88. The van der Waals surface area contributed by atoms with Crippen molar-refractivity contribution >= 4 is 10.0 Å². The van der Waals surface area contributed by atoms with E-state index in [1.165, 1.54) is 0 Å². The van der Waals surface area contributed by atoms with Gasteiger partial charge in [0.25, 0.3) is 0 Å². The van der Waals surface area contributed by atoms with Gasteiger partial charge < -0.3 is 10.0 Å². The molecular formula is C8H18N2O3S. The zero-order chi connectivity index (χ0) is 10.6. The second-order valence-corrected chi connectivity index (χ2v) is 5.60. The van der Waals surface area contributed by atoms with Gasteiger partial charge in [0.2, 0.25) is 10.0 Å². The highest BCUT2D eigenvalue weighted by Crippen LogP contribution is 2.08. The maximum Gasteiger partial charge on any atom is 0.208 e. The zero-order valence-electron chi connectivity index (χ0n) is 8.44. The lowest BCUT2D eigenvalue weighted by atomic mass is 10.3. The summed E-state index contributed by atoms with van der Waals surface area (Å²) < 4.78 is 23.9. The molecule has 0 aromatic heterocycles. The molecule has 0 radical (unpaired) electrons. The normalized spacial score (nSPS) is 24.3. The van der Waals surface area contributed by atoms with Crippen LogP contribution >= 0.6 is 0 Å². The van der Waals surface area contributed by atoms with Crippen LogP contribution in [-0.4, -0.2) is 57.0 Å². The van der Waals surface area contributed by atoms with Crippen molar-refractivity contribution in [2.45, 2.75) is 18.9 Å². The molecule has 1 atom stereocenters. The van der Waals surface area contributed by atoms with E-state index in [-0.39, 0.29) is 6.10 Å². The van der Waals surface area contributed by atoms with E-state index in [0.29, 0.717) is 6.54 Å². The van der Waals surface area contributed by atoms with Crippen LogP contribution < -0.4 is 4.72 Å². The first-order valence-electron chi connectivity index (χ1n) is 4.82. The van der Waals surface area contributed by atoms with E-state index in [9.17, 15) is 13.5 Å². The first kappa shape index (κ1) is 11.9. The molecule has 0 aromatic rings. The Balaban J connectivity index is 2.05. The third-order valence-corrected chi connectivity index (χ3v) is 2.99. The fourth-order valence-corrected chi connectivity index (χ4v) is 2.09. The predicted octanol–water partition coefficient (Wildman–Crippen LogP) is -1.01. The lowest BCUT2D eigenvalue weighted by molar-refractivity contribution is 0.176. The second kappa shape index (κ2) is 5.06. The van der Waals surface area contributed by atoms with Gasteiger partial charge >= 0.3 is 0 Å². The molecule has 0 aromatic carbocycles. The average Bonchev–Trinajstić information content (AvgIpc) is 2.44. The molecule has 0 aliphatic carbocycles. The molecule has 0 spiro atoms. The minimum atomic E-state index is -3.05. The van der Waals surface area contributed by atoms with Crippen LogP contribution in [0.3, 0.4) is 0 Å². The maximum absolute atomic E-state index is 10.7. The summed E-state index contributed by atoms with van der Waals surface area (Å²) in [6, 6.07) is 0. The fourth-order valence-electron chi connectivity index (χ4n) is 1.58. The molecule has 0 bridgehead atoms. The van der Waals surface area contributed by atoms with Gasteiger partial charge in [-0.25, -0.2) is 13.1 Å². The summed E-state index contributed by atoms with van der Waals surface area (Å²) in [5.41, 5.74) is 0. The van der Waals surface area contributed by atoms with E-state index in [0.717, 1.165) is 38.7 Å². The van der Waals surface area contributed by atoms with E-state index in [2.05, 4.69) is 9.62 Å². The first-order valence-corrected chi connectivity index (χ1v) is 6.71. The van der Waals surface area contributed by atoms with Crippen LogP contribution in [0.4, 0.5) is 0 Å². The lowest BCUT2D eigenvalue weighted by Gasteiger charge is -2.14. The van der Waals surface area contributed by atoms with Gasteiger partial charge in [0.1, 0.15) is 0 Å². The van der Waals surface area contributed by atoms with Crippen LogP contribution in [0.1, 0.15) is 12.8 Å². The molecule has 1 saturated heterocycles. The molecule has 6 heteroatoms. The summed E-state index contributed by atoms with van der Waals surface area (Å²) in [6.07, 6.45) is 2.59. The number of sulfonamides is 1. The molecule has 5 nitrogen and oxygen atoms in total. The largest absolute Gasteiger partial charge is 0.392 e. The Kier molecular flexibility index (Phi) is 4.31. The highest BCUT2D eigenvalue weighted by atomic mass is 32.2. The molecule has 14 heavy (non-hydrogen) atoms. The van der Waals surface area contributed by atoms with Crippen LogP contribution in [0.5, 0.6) is 0 Å². The molecule has 84 valence electrons. The number of likely N-dealkylation sites (tertiary alicyclic amines) is 1. The SMILES string of the molecule is CS(=O)(=O)NCCCN1CC[C@H](O)C1. The minimum absolute atomic E-state index is 0.196. The van der Waals surface area contributed by atoms with Crippen molar-refractivity contribution in [2.24, 2.45) is 0 Å². The lowest BCUT2D eigenvalue weighted by Crippen LogP contribution is -2.28. The highest BCUT2D eigenvalue weighted by Gasteiger charge is 2.19. The van der Waals surface area contributed by atoms with Crippen molar-refractivity contribution in [1.82, 2.24) is 9.62 Å². The first-order chi connectivity index (χ1) is 6.47. The van der Waals surface area contributed by atoms with Crippen molar-refractivity contribution in [3.63, 3.8) is 0 Å². The summed E-state index contributed by atoms with van der Waals surface area (Å²) in [4.78, 5) is 2.15. The van der Waals surface area contributed by atoms with Gasteiger partial charge in [-0.05, 0) is 19.4 Å². The van der Waals surface area contributed by atoms with Crippen LogP contribution in [0.2, 0.25) is 0 Å². The summed E-state index contributed by atoms with van der Waals surface area (Å²) in [5.74, 6) is 0. The van der Waals surface area contributed by atoms with E-state index in [1.54, 1.807) is 0 Å². The van der Waals surface area contributed by atoms with Crippen molar-refractivity contribution in [2.75, 3.05) is 32.4 Å². The maximum atomic E-state index is 10.7. The fraction of sp³-hybridized carbons (Fsp3) is 1.00. The number of rotatable bonds is 5. The van der Waals surface area contributed by atoms with Gasteiger partial charge in [-0.2, -0.15) is 0 Å². The Morgan fingerprint density at radius 2 is 2.29 bits per heavy atom.